The summed E-state index contributed by atoms with van der Waals surface area (Å²) in [4.78, 5) is 10.1. The largest absolute Gasteiger partial charge is 0.151 e. The lowest BCUT2D eigenvalue weighted by molar-refractivity contribution is 0.177. The Bertz CT molecular complexity index is 154. The van der Waals surface area contributed by atoms with E-state index in [1.165, 1.54) is 25.7 Å². The Kier molecular flexibility index (Phi) is 6.77. The van der Waals surface area contributed by atoms with E-state index in [2.05, 4.69) is 32.9 Å². The lowest BCUT2D eigenvalue weighted by Gasteiger charge is -2.33. The van der Waals surface area contributed by atoms with Gasteiger partial charge in [0.2, 0.25) is 0 Å². The molecule has 0 N–H and O–H groups in total. The molecule has 0 aromatic heterocycles. The third-order valence-corrected chi connectivity index (χ3v) is 3.35. The van der Waals surface area contributed by atoms with Crippen molar-refractivity contribution in [1.82, 2.24) is 0 Å². The van der Waals surface area contributed by atoms with E-state index >= 15 is 0 Å². The van der Waals surface area contributed by atoms with Crippen molar-refractivity contribution in [2.24, 2.45) is 16.5 Å². The molecule has 1 atom stereocenters. The van der Waals surface area contributed by atoms with Gasteiger partial charge in [0.1, 0.15) is 0 Å². The Morgan fingerprint density at radius 2 is 1.93 bits per heavy atom. The smallest absolute Gasteiger partial charge is 0.0816 e. The van der Waals surface area contributed by atoms with E-state index < -0.39 is 0 Å². The molecule has 0 rings (SSSR count). The van der Waals surface area contributed by atoms with Crippen LogP contribution in [0.4, 0.5) is 0 Å². The highest BCUT2D eigenvalue weighted by molar-refractivity contribution is 4.78. The second-order valence-corrected chi connectivity index (χ2v) is 4.84. The Morgan fingerprint density at radius 3 is 2.36 bits per heavy atom. The highest BCUT2D eigenvalue weighted by Crippen LogP contribution is 2.36. The van der Waals surface area contributed by atoms with Crippen LogP contribution in [0.5, 0.6) is 0 Å². The fourth-order valence-corrected chi connectivity index (χ4v) is 2.14. The Labute approximate surface area is 88.4 Å². The van der Waals surface area contributed by atoms with E-state index in [0.717, 1.165) is 12.3 Å². The van der Waals surface area contributed by atoms with Crippen LogP contribution in [0.3, 0.4) is 0 Å². The second-order valence-electron chi connectivity index (χ2n) is 4.84. The van der Waals surface area contributed by atoms with Gasteiger partial charge in [-0.2, -0.15) is 4.91 Å². The van der Waals surface area contributed by atoms with Crippen LogP contribution in [-0.2, 0) is 0 Å². The van der Waals surface area contributed by atoms with E-state index in [1.54, 1.807) is 0 Å². The van der Waals surface area contributed by atoms with Gasteiger partial charge in [0, 0.05) is 0 Å². The van der Waals surface area contributed by atoms with E-state index in [4.69, 9.17) is 0 Å². The Hall–Kier alpha value is -0.400. The van der Waals surface area contributed by atoms with Gasteiger partial charge >= 0.3 is 0 Å². The molecular weight excluding hydrogens is 174 g/mol. The van der Waals surface area contributed by atoms with Gasteiger partial charge in [0.25, 0.3) is 0 Å². The first kappa shape index (κ1) is 13.6. The van der Waals surface area contributed by atoms with Crippen molar-refractivity contribution in [3.8, 4) is 0 Å². The van der Waals surface area contributed by atoms with Crippen LogP contribution in [-0.4, -0.2) is 6.54 Å². The standard InChI is InChI=1S/C12H25NO/c1-5-7-8-11(6-2)12(3,4)9-10-13-14/h11H,5-10H2,1-4H3/t11-/m1/s1. The number of nitroso groups, excluding NO2 is 1. The first-order chi connectivity index (χ1) is 6.58. The van der Waals surface area contributed by atoms with Crippen molar-refractivity contribution >= 4 is 0 Å². The molecule has 0 saturated heterocycles. The topological polar surface area (TPSA) is 29.4 Å². The number of hydrogen-bond acceptors (Lipinski definition) is 2. The number of unbranched alkanes of at least 4 members (excludes halogenated alkanes) is 1. The number of nitrogens with zero attached hydrogens (tertiary/aromatic N) is 1. The van der Waals surface area contributed by atoms with Gasteiger partial charge in [-0.3, -0.25) is 0 Å². The minimum absolute atomic E-state index is 0.276. The van der Waals surface area contributed by atoms with Crippen LogP contribution < -0.4 is 0 Å². The lowest BCUT2D eigenvalue weighted by atomic mass is 9.72. The highest BCUT2D eigenvalue weighted by Gasteiger charge is 2.27. The van der Waals surface area contributed by atoms with Crippen LogP contribution in [0.15, 0.2) is 5.18 Å². The fourth-order valence-electron chi connectivity index (χ4n) is 2.14. The molecule has 0 unspecified atom stereocenters. The molecule has 0 spiro atoms. The summed E-state index contributed by atoms with van der Waals surface area (Å²) in [5, 5.41) is 2.97. The molecule has 0 aromatic carbocycles. The van der Waals surface area contributed by atoms with Gasteiger partial charge in [0.05, 0.1) is 6.54 Å². The van der Waals surface area contributed by atoms with Gasteiger partial charge < -0.3 is 0 Å². The fraction of sp³-hybridized carbons (Fsp3) is 1.00. The van der Waals surface area contributed by atoms with Crippen molar-refractivity contribution in [2.45, 2.75) is 59.8 Å². The number of hydrogen-bond donors (Lipinski definition) is 0. The zero-order chi connectivity index (χ0) is 11.0. The molecule has 0 heterocycles. The van der Waals surface area contributed by atoms with Gasteiger partial charge in [-0.25, -0.2) is 0 Å². The Morgan fingerprint density at radius 1 is 1.29 bits per heavy atom. The molecule has 0 aliphatic carbocycles. The quantitative estimate of drug-likeness (QED) is 0.533. The normalized spacial score (nSPS) is 14.0. The van der Waals surface area contributed by atoms with Crippen LogP contribution in [0.2, 0.25) is 0 Å². The average Bonchev–Trinajstić information content (AvgIpc) is 2.16. The monoisotopic (exact) mass is 199 g/mol. The molecule has 0 amide bonds. The first-order valence-corrected chi connectivity index (χ1v) is 5.87. The van der Waals surface area contributed by atoms with Gasteiger partial charge in [-0.1, -0.05) is 52.1 Å². The van der Waals surface area contributed by atoms with Crippen molar-refractivity contribution in [3.63, 3.8) is 0 Å². The molecule has 0 aromatic rings. The molecule has 84 valence electrons. The van der Waals surface area contributed by atoms with E-state index in [0.29, 0.717) is 6.54 Å². The average molecular weight is 199 g/mol. The van der Waals surface area contributed by atoms with Crippen molar-refractivity contribution in [2.75, 3.05) is 6.54 Å². The second kappa shape index (κ2) is 6.97. The van der Waals surface area contributed by atoms with Crippen molar-refractivity contribution < 1.29 is 0 Å². The maximum atomic E-state index is 10.1. The summed E-state index contributed by atoms with van der Waals surface area (Å²) < 4.78 is 0. The van der Waals surface area contributed by atoms with Gasteiger partial charge in [-0.05, 0) is 24.2 Å². The predicted molar refractivity (Wildman–Crippen MR) is 62.4 cm³/mol. The summed E-state index contributed by atoms with van der Waals surface area (Å²) in [6.07, 6.45) is 6.00. The highest BCUT2D eigenvalue weighted by atomic mass is 16.3. The number of rotatable bonds is 8. The Balaban J connectivity index is 4.09. The molecule has 2 heteroatoms. The zero-order valence-corrected chi connectivity index (χ0v) is 10.2. The summed E-state index contributed by atoms with van der Waals surface area (Å²) in [5.41, 5.74) is 0.276. The molecule has 2 nitrogen and oxygen atoms in total. The minimum Gasteiger partial charge on any atom is -0.151 e. The lowest BCUT2D eigenvalue weighted by Crippen LogP contribution is -2.24. The van der Waals surface area contributed by atoms with E-state index in [1.807, 2.05) is 0 Å². The molecule has 14 heavy (non-hydrogen) atoms. The molecule has 0 radical (unpaired) electrons. The molecule has 0 fully saturated rings. The molecule has 0 aliphatic heterocycles. The van der Waals surface area contributed by atoms with Crippen molar-refractivity contribution in [3.05, 3.63) is 4.91 Å². The van der Waals surface area contributed by atoms with Crippen LogP contribution in [0.25, 0.3) is 0 Å². The van der Waals surface area contributed by atoms with E-state index in [9.17, 15) is 4.91 Å². The van der Waals surface area contributed by atoms with Gasteiger partial charge in [0.15, 0.2) is 0 Å². The zero-order valence-electron chi connectivity index (χ0n) is 10.2. The summed E-state index contributed by atoms with van der Waals surface area (Å²) in [7, 11) is 0. The first-order valence-electron chi connectivity index (χ1n) is 5.87. The third-order valence-electron chi connectivity index (χ3n) is 3.35. The SMILES string of the molecule is CCCC[C@@H](CC)C(C)(C)CCN=O. The van der Waals surface area contributed by atoms with Crippen LogP contribution >= 0.6 is 0 Å². The molecule has 0 aliphatic rings. The third kappa shape index (κ3) is 4.73. The molecule has 0 bridgehead atoms. The van der Waals surface area contributed by atoms with Gasteiger partial charge in [-0.15, -0.1) is 0 Å². The predicted octanol–water partition coefficient (Wildman–Crippen LogP) is 4.39. The van der Waals surface area contributed by atoms with Crippen LogP contribution in [0.1, 0.15) is 59.8 Å². The van der Waals surface area contributed by atoms with Crippen molar-refractivity contribution in [1.29, 1.82) is 0 Å². The maximum absolute atomic E-state index is 10.1. The van der Waals surface area contributed by atoms with Crippen LogP contribution in [0, 0.1) is 16.2 Å². The summed E-state index contributed by atoms with van der Waals surface area (Å²) >= 11 is 0. The molecular formula is C12H25NO. The minimum atomic E-state index is 0.276. The molecule has 0 saturated carbocycles. The maximum Gasteiger partial charge on any atom is 0.0816 e. The summed E-state index contributed by atoms with van der Waals surface area (Å²) in [6, 6.07) is 0. The van der Waals surface area contributed by atoms with E-state index in [-0.39, 0.29) is 5.41 Å². The summed E-state index contributed by atoms with van der Waals surface area (Å²) in [6.45, 7) is 9.47. The summed E-state index contributed by atoms with van der Waals surface area (Å²) in [5.74, 6) is 0.740.